The number of halogens is 4. The Bertz CT molecular complexity index is 428. The molecule has 1 aliphatic heterocycles. The van der Waals surface area contributed by atoms with Crippen LogP contribution in [0.1, 0.15) is 18.4 Å². The van der Waals surface area contributed by atoms with Gasteiger partial charge in [0.1, 0.15) is 0 Å². The third-order valence-electron chi connectivity index (χ3n) is 3.27. The summed E-state index contributed by atoms with van der Waals surface area (Å²) >= 11 is 3.08. The van der Waals surface area contributed by atoms with Gasteiger partial charge in [-0.05, 0) is 50.0 Å². The van der Waals surface area contributed by atoms with E-state index in [1.807, 2.05) is 0 Å². The van der Waals surface area contributed by atoms with Gasteiger partial charge in [-0.15, -0.1) is 0 Å². The fraction of sp³-hybridized carbons (Fsp3) is 0.538. The van der Waals surface area contributed by atoms with Crippen molar-refractivity contribution in [2.45, 2.75) is 19.0 Å². The second-order valence-corrected chi connectivity index (χ2v) is 5.70. The maximum atomic E-state index is 12.9. The van der Waals surface area contributed by atoms with Crippen LogP contribution in [-0.4, -0.2) is 19.6 Å². The Morgan fingerprint density at radius 2 is 2.16 bits per heavy atom. The molecule has 19 heavy (non-hydrogen) atoms. The zero-order chi connectivity index (χ0) is 13.9. The highest BCUT2D eigenvalue weighted by Crippen LogP contribution is 2.36. The maximum Gasteiger partial charge on any atom is 0.418 e. The molecule has 0 spiro atoms. The average molecular weight is 337 g/mol. The Morgan fingerprint density at radius 1 is 1.37 bits per heavy atom. The summed E-state index contributed by atoms with van der Waals surface area (Å²) < 4.78 is 39.2. The minimum atomic E-state index is -4.34. The van der Waals surface area contributed by atoms with Crippen molar-refractivity contribution in [1.29, 1.82) is 0 Å². The molecule has 2 rings (SSSR count). The van der Waals surface area contributed by atoms with Crippen molar-refractivity contribution >= 4 is 21.6 Å². The van der Waals surface area contributed by atoms with Gasteiger partial charge in [-0.25, -0.2) is 0 Å². The van der Waals surface area contributed by atoms with Crippen molar-refractivity contribution in [1.82, 2.24) is 5.32 Å². The Kier molecular flexibility index (Phi) is 4.73. The van der Waals surface area contributed by atoms with Crippen molar-refractivity contribution in [3.63, 3.8) is 0 Å². The van der Waals surface area contributed by atoms with Crippen molar-refractivity contribution in [3.8, 4) is 0 Å². The molecule has 1 unspecified atom stereocenters. The Balaban J connectivity index is 2.06. The first-order valence-corrected chi connectivity index (χ1v) is 7.07. The van der Waals surface area contributed by atoms with Crippen molar-refractivity contribution in [2.24, 2.45) is 5.92 Å². The van der Waals surface area contributed by atoms with Crippen LogP contribution >= 0.6 is 15.9 Å². The molecule has 0 amide bonds. The van der Waals surface area contributed by atoms with E-state index in [1.165, 1.54) is 6.07 Å². The summed E-state index contributed by atoms with van der Waals surface area (Å²) in [6.07, 6.45) is -2.20. The Morgan fingerprint density at radius 3 is 2.79 bits per heavy atom. The molecule has 2 nitrogen and oxygen atoms in total. The summed E-state index contributed by atoms with van der Waals surface area (Å²) in [5.74, 6) is 0.387. The predicted octanol–water partition coefficient (Wildman–Crippen LogP) is 3.88. The third-order valence-corrected chi connectivity index (χ3v) is 3.76. The molecule has 0 bridgehead atoms. The molecule has 1 atom stereocenters. The molecule has 0 aromatic heterocycles. The van der Waals surface area contributed by atoms with Gasteiger partial charge in [0.05, 0.1) is 5.56 Å². The van der Waals surface area contributed by atoms with Gasteiger partial charge in [0.15, 0.2) is 0 Å². The Labute approximate surface area is 118 Å². The zero-order valence-electron chi connectivity index (χ0n) is 10.4. The molecule has 0 radical (unpaired) electrons. The average Bonchev–Trinajstić information content (AvgIpc) is 2.37. The number of alkyl halides is 3. The highest BCUT2D eigenvalue weighted by molar-refractivity contribution is 9.10. The standard InChI is InChI=1S/C13H16BrF3N2/c14-10-3-4-12(11(6-10)13(15,16)17)19-8-9-2-1-5-18-7-9/h3-4,6,9,18-19H,1-2,5,7-8H2. The molecule has 2 N–H and O–H groups in total. The van der Waals surface area contributed by atoms with Crippen LogP contribution in [0.3, 0.4) is 0 Å². The molecule has 0 saturated carbocycles. The molecule has 1 fully saturated rings. The molecule has 1 aliphatic rings. The molecule has 1 aromatic carbocycles. The second-order valence-electron chi connectivity index (χ2n) is 4.78. The van der Waals surface area contributed by atoms with Gasteiger partial charge < -0.3 is 10.6 Å². The molecule has 1 heterocycles. The summed E-state index contributed by atoms with van der Waals surface area (Å²) in [6.45, 7) is 2.44. The molecule has 0 aliphatic carbocycles. The smallest absolute Gasteiger partial charge is 0.384 e. The lowest BCUT2D eigenvalue weighted by atomic mass is 9.99. The summed E-state index contributed by atoms with van der Waals surface area (Å²) in [6, 6.07) is 4.21. The molecule has 1 saturated heterocycles. The maximum absolute atomic E-state index is 12.9. The highest BCUT2D eigenvalue weighted by Gasteiger charge is 2.33. The molecule has 6 heteroatoms. The first-order chi connectivity index (χ1) is 8.97. The van der Waals surface area contributed by atoms with Crippen LogP contribution in [0, 0.1) is 5.92 Å². The predicted molar refractivity (Wildman–Crippen MR) is 73.2 cm³/mol. The minimum absolute atomic E-state index is 0.154. The minimum Gasteiger partial charge on any atom is -0.384 e. The number of piperidine rings is 1. The first-order valence-electron chi connectivity index (χ1n) is 6.28. The third kappa shape index (κ3) is 4.11. The van der Waals surface area contributed by atoms with Gasteiger partial charge in [-0.2, -0.15) is 13.2 Å². The lowest BCUT2D eigenvalue weighted by Gasteiger charge is -2.24. The van der Waals surface area contributed by atoms with Crippen molar-refractivity contribution in [2.75, 3.05) is 25.0 Å². The van der Waals surface area contributed by atoms with Crippen LogP contribution in [0.25, 0.3) is 0 Å². The fourth-order valence-electron chi connectivity index (χ4n) is 2.26. The van der Waals surface area contributed by atoms with E-state index in [9.17, 15) is 13.2 Å². The van der Waals surface area contributed by atoms with Crippen LogP contribution in [0.2, 0.25) is 0 Å². The van der Waals surface area contributed by atoms with E-state index >= 15 is 0 Å². The van der Waals surface area contributed by atoms with Crippen molar-refractivity contribution in [3.05, 3.63) is 28.2 Å². The lowest BCUT2D eigenvalue weighted by molar-refractivity contribution is -0.137. The second kappa shape index (κ2) is 6.13. The van der Waals surface area contributed by atoms with Crippen LogP contribution in [0.5, 0.6) is 0 Å². The lowest BCUT2D eigenvalue weighted by Crippen LogP contribution is -2.33. The van der Waals surface area contributed by atoms with E-state index in [1.54, 1.807) is 6.07 Å². The number of hydrogen-bond acceptors (Lipinski definition) is 2. The van der Waals surface area contributed by atoms with Gasteiger partial charge >= 0.3 is 6.18 Å². The van der Waals surface area contributed by atoms with E-state index < -0.39 is 11.7 Å². The molecular formula is C13H16BrF3N2. The summed E-state index contributed by atoms with van der Waals surface area (Å²) in [5.41, 5.74) is -0.466. The highest BCUT2D eigenvalue weighted by atomic mass is 79.9. The SMILES string of the molecule is FC(F)(F)c1cc(Br)ccc1NCC1CCCNC1. The van der Waals surface area contributed by atoms with Crippen LogP contribution in [0.4, 0.5) is 18.9 Å². The normalized spacial score (nSPS) is 20.3. The fourth-order valence-corrected chi connectivity index (χ4v) is 2.62. The van der Waals surface area contributed by atoms with Gasteiger partial charge in [-0.3, -0.25) is 0 Å². The molecule has 106 valence electrons. The van der Waals surface area contributed by atoms with E-state index in [-0.39, 0.29) is 5.69 Å². The first kappa shape index (κ1) is 14.7. The quantitative estimate of drug-likeness (QED) is 0.875. The monoisotopic (exact) mass is 336 g/mol. The van der Waals surface area contributed by atoms with Crippen molar-refractivity contribution < 1.29 is 13.2 Å². The molecule has 1 aromatic rings. The number of anilines is 1. The van der Waals surface area contributed by atoms with E-state index in [4.69, 9.17) is 0 Å². The zero-order valence-corrected chi connectivity index (χ0v) is 11.9. The Hall–Kier alpha value is -0.750. The van der Waals surface area contributed by atoms with E-state index in [0.29, 0.717) is 16.9 Å². The van der Waals surface area contributed by atoms with Crippen LogP contribution in [0.15, 0.2) is 22.7 Å². The van der Waals surface area contributed by atoms with E-state index in [0.717, 1.165) is 32.0 Å². The van der Waals surface area contributed by atoms with Gasteiger partial charge in [0.2, 0.25) is 0 Å². The van der Waals surface area contributed by atoms with E-state index in [2.05, 4.69) is 26.6 Å². The number of nitrogens with one attached hydrogen (secondary N) is 2. The number of rotatable bonds is 3. The molecular weight excluding hydrogens is 321 g/mol. The summed E-state index contributed by atoms with van der Waals surface area (Å²) in [7, 11) is 0. The van der Waals surface area contributed by atoms with Crippen LogP contribution in [-0.2, 0) is 6.18 Å². The number of hydrogen-bond donors (Lipinski definition) is 2. The largest absolute Gasteiger partial charge is 0.418 e. The van der Waals surface area contributed by atoms with Crippen LogP contribution < -0.4 is 10.6 Å². The van der Waals surface area contributed by atoms with Gasteiger partial charge in [0, 0.05) is 16.7 Å². The van der Waals surface area contributed by atoms with Gasteiger partial charge in [0.25, 0.3) is 0 Å². The summed E-state index contributed by atoms with van der Waals surface area (Å²) in [4.78, 5) is 0. The topological polar surface area (TPSA) is 24.1 Å². The number of benzene rings is 1. The van der Waals surface area contributed by atoms with Gasteiger partial charge in [-0.1, -0.05) is 15.9 Å². The summed E-state index contributed by atoms with van der Waals surface area (Å²) in [5, 5.41) is 6.19.